The molecule has 2 N–H and O–H groups in total. The standard InChI is InChI=1S/C16H29N3O/c1-6-11-8-7-9-12(10-11)13-18-14(20-19-13)15(2,3)16(4,5)17/h11-12H,6-10,17H2,1-5H3. The third-order valence-electron chi connectivity index (χ3n) is 5.31. The Bertz CT molecular complexity index is 445. The molecule has 1 aliphatic carbocycles. The molecule has 1 aromatic rings. The molecule has 4 nitrogen and oxygen atoms in total. The number of hydrogen-bond donors (Lipinski definition) is 1. The van der Waals surface area contributed by atoms with Crippen LogP contribution in [0.5, 0.6) is 0 Å². The van der Waals surface area contributed by atoms with Gasteiger partial charge in [-0.15, -0.1) is 0 Å². The van der Waals surface area contributed by atoms with Crippen molar-refractivity contribution in [2.45, 2.75) is 83.6 Å². The van der Waals surface area contributed by atoms with Crippen molar-refractivity contribution < 1.29 is 4.52 Å². The molecule has 0 radical (unpaired) electrons. The summed E-state index contributed by atoms with van der Waals surface area (Å²) in [7, 11) is 0. The van der Waals surface area contributed by atoms with Gasteiger partial charge >= 0.3 is 0 Å². The molecule has 1 saturated carbocycles. The van der Waals surface area contributed by atoms with Crippen molar-refractivity contribution in [2.75, 3.05) is 0 Å². The minimum absolute atomic E-state index is 0.322. The Balaban J connectivity index is 2.17. The summed E-state index contributed by atoms with van der Waals surface area (Å²) in [6.45, 7) is 10.4. The molecule has 0 aromatic carbocycles. The van der Waals surface area contributed by atoms with Gasteiger partial charge in [-0.3, -0.25) is 0 Å². The Labute approximate surface area is 122 Å². The second kappa shape index (κ2) is 5.47. The normalized spacial score (nSPS) is 24.9. The van der Waals surface area contributed by atoms with Gasteiger partial charge in [-0.05, 0) is 46.5 Å². The summed E-state index contributed by atoms with van der Waals surface area (Å²) >= 11 is 0. The summed E-state index contributed by atoms with van der Waals surface area (Å²) in [5.41, 5.74) is 5.53. The van der Waals surface area contributed by atoms with Gasteiger partial charge in [0, 0.05) is 11.5 Å². The highest BCUT2D eigenvalue weighted by atomic mass is 16.5. The predicted molar refractivity (Wildman–Crippen MR) is 80.6 cm³/mol. The van der Waals surface area contributed by atoms with Crippen molar-refractivity contribution in [1.29, 1.82) is 0 Å². The van der Waals surface area contributed by atoms with Crippen molar-refractivity contribution in [1.82, 2.24) is 10.1 Å². The van der Waals surface area contributed by atoms with E-state index in [0.717, 1.165) is 11.7 Å². The summed E-state index contributed by atoms with van der Waals surface area (Å²) in [5.74, 6) is 2.83. The van der Waals surface area contributed by atoms with E-state index in [0.29, 0.717) is 11.8 Å². The van der Waals surface area contributed by atoms with Gasteiger partial charge in [-0.1, -0.05) is 31.3 Å². The summed E-state index contributed by atoms with van der Waals surface area (Å²) in [6.07, 6.45) is 6.25. The average molecular weight is 279 g/mol. The Hall–Kier alpha value is -0.900. The molecular weight excluding hydrogens is 250 g/mol. The fraction of sp³-hybridized carbons (Fsp3) is 0.875. The molecule has 1 heterocycles. The van der Waals surface area contributed by atoms with Gasteiger partial charge in [0.15, 0.2) is 5.82 Å². The molecule has 4 heteroatoms. The predicted octanol–water partition coefficient (Wildman–Crippen LogP) is 3.77. The Morgan fingerprint density at radius 1 is 1.25 bits per heavy atom. The molecular formula is C16H29N3O. The zero-order chi connectivity index (χ0) is 15.0. The van der Waals surface area contributed by atoms with Gasteiger partial charge in [0.2, 0.25) is 5.89 Å². The number of aromatic nitrogens is 2. The van der Waals surface area contributed by atoms with Crippen molar-refractivity contribution in [3.63, 3.8) is 0 Å². The van der Waals surface area contributed by atoms with E-state index >= 15 is 0 Å². The maximum absolute atomic E-state index is 6.25. The summed E-state index contributed by atoms with van der Waals surface area (Å²) in [4.78, 5) is 4.68. The maximum Gasteiger partial charge on any atom is 0.234 e. The van der Waals surface area contributed by atoms with Crippen molar-refractivity contribution >= 4 is 0 Å². The second-order valence-corrected chi connectivity index (χ2v) is 7.44. The Morgan fingerprint density at radius 2 is 1.95 bits per heavy atom. The van der Waals surface area contributed by atoms with Crippen molar-refractivity contribution in [2.24, 2.45) is 11.7 Å². The van der Waals surface area contributed by atoms with E-state index in [1.165, 1.54) is 32.1 Å². The lowest BCUT2D eigenvalue weighted by atomic mass is 9.75. The summed E-state index contributed by atoms with van der Waals surface area (Å²) in [5, 5.41) is 4.25. The molecule has 1 aromatic heterocycles. The lowest BCUT2D eigenvalue weighted by Gasteiger charge is -2.34. The van der Waals surface area contributed by atoms with Crippen LogP contribution in [-0.4, -0.2) is 15.7 Å². The number of nitrogens with zero attached hydrogens (tertiary/aromatic N) is 2. The van der Waals surface area contributed by atoms with Crippen LogP contribution < -0.4 is 5.73 Å². The van der Waals surface area contributed by atoms with Crippen LogP contribution in [-0.2, 0) is 5.41 Å². The minimum atomic E-state index is -0.394. The van der Waals surface area contributed by atoms with E-state index in [1.807, 2.05) is 13.8 Å². The van der Waals surface area contributed by atoms with Crippen LogP contribution in [0.25, 0.3) is 0 Å². The molecule has 20 heavy (non-hydrogen) atoms. The van der Waals surface area contributed by atoms with Crippen LogP contribution in [0.15, 0.2) is 4.52 Å². The Morgan fingerprint density at radius 3 is 2.55 bits per heavy atom. The number of hydrogen-bond acceptors (Lipinski definition) is 4. The quantitative estimate of drug-likeness (QED) is 0.911. The molecule has 2 rings (SSSR count). The molecule has 2 unspecified atom stereocenters. The van der Waals surface area contributed by atoms with Crippen LogP contribution in [0, 0.1) is 5.92 Å². The summed E-state index contributed by atoms with van der Waals surface area (Å²) in [6, 6.07) is 0. The lowest BCUT2D eigenvalue weighted by Crippen LogP contribution is -2.50. The fourth-order valence-electron chi connectivity index (χ4n) is 2.83. The topological polar surface area (TPSA) is 64.9 Å². The zero-order valence-electron chi connectivity index (χ0n) is 13.6. The number of rotatable bonds is 4. The highest BCUT2D eigenvalue weighted by molar-refractivity contribution is 5.12. The van der Waals surface area contributed by atoms with E-state index in [-0.39, 0.29) is 5.41 Å². The van der Waals surface area contributed by atoms with Gasteiger partial charge in [0.1, 0.15) is 0 Å². The Kier molecular flexibility index (Phi) is 4.24. The third kappa shape index (κ3) is 2.90. The zero-order valence-corrected chi connectivity index (χ0v) is 13.6. The molecule has 2 atom stereocenters. The van der Waals surface area contributed by atoms with E-state index in [9.17, 15) is 0 Å². The van der Waals surface area contributed by atoms with Crippen molar-refractivity contribution in [3.8, 4) is 0 Å². The molecule has 0 bridgehead atoms. The van der Waals surface area contributed by atoms with Crippen LogP contribution in [0.3, 0.4) is 0 Å². The van der Waals surface area contributed by atoms with Gasteiger partial charge in [0.25, 0.3) is 0 Å². The van der Waals surface area contributed by atoms with Gasteiger partial charge in [-0.25, -0.2) is 0 Å². The van der Waals surface area contributed by atoms with E-state index in [4.69, 9.17) is 10.3 Å². The number of nitrogens with two attached hydrogens (primary N) is 1. The summed E-state index contributed by atoms with van der Waals surface area (Å²) < 4.78 is 5.54. The smallest absolute Gasteiger partial charge is 0.234 e. The molecule has 0 spiro atoms. The molecule has 0 amide bonds. The first-order valence-electron chi connectivity index (χ1n) is 7.88. The molecule has 1 aliphatic rings. The van der Waals surface area contributed by atoms with Crippen LogP contribution in [0.1, 0.15) is 84.4 Å². The van der Waals surface area contributed by atoms with E-state index < -0.39 is 5.54 Å². The van der Waals surface area contributed by atoms with Crippen LogP contribution in [0.4, 0.5) is 0 Å². The third-order valence-corrected chi connectivity index (χ3v) is 5.31. The lowest BCUT2D eigenvalue weighted by molar-refractivity contribution is 0.221. The molecule has 114 valence electrons. The highest BCUT2D eigenvalue weighted by Gasteiger charge is 2.40. The minimum Gasteiger partial charge on any atom is -0.339 e. The van der Waals surface area contributed by atoms with E-state index in [1.54, 1.807) is 0 Å². The van der Waals surface area contributed by atoms with Gasteiger partial charge < -0.3 is 10.3 Å². The SMILES string of the molecule is CCC1CCCC(c2noc(C(C)(C)C(C)(C)N)n2)C1. The highest BCUT2D eigenvalue weighted by Crippen LogP contribution is 2.38. The first-order chi connectivity index (χ1) is 9.25. The van der Waals surface area contributed by atoms with Crippen molar-refractivity contribution in [3.05, 3.63) is 11.7 Å². The fourth-order valence-corrected chi connectivity index (χ4v) is 2.83. The van der Waals surface area contributed by atoms with Gasteiger partial charge in [-0.2, -0.15) is 4.98 Å². The first-order valence-corrected chi connectivity index (χ1v) is 7.88. The van der Waals surface area contributed by atoms with Crippen LogP contribution >= 0.6 is 0 Å². The maximum atomic E-state index is 6.25. The molecule has 0 aliphatic heterocycles. The second-order valence-electron chi connectivity index (χ2n) is 7.44. The largest absolute Gasteiger partial charge is 0.339 e. The van der Waals surface area contributed by atoms with E-state index in [2.05, 4.69) is 30.9 Å². The monoisotopic (exact) mass is 279 g/mol. The molecule has 1 fully saturated rings. The molecule has 0 saturated heterocycles. The average Bonchev–Trinajstić information content (AvgIpc) is 2.87. The van der Waals surface area contributed by atoms with Gasteiger partial charge in [0.05, 0.1) is 5.41 Å². The first kappa shape index (κ1) is 15.5. The van der Waals surface area contributed by atoms with Crippen LogP contribution in [0.2, 0.25) is 0 Å².